The van der Waals surface area contributed by atoms with Gasteiger partial charge in [-0.05, 0) is 56.4 Å². The van der Waals surface area contributed by atoms with E-state index in [9.17, 15) is 9.90 Å². The van der Waals surface area contributed by atoms with Crippen LogP contribution in [0, 0.1) is 17.8 Å². The lowest BCUT2D eigenvalue weighted by atomic mass is 9.87. The molecular formula is C22H40O3. The van der Waals surface area contributed by atoms with Gasteiger partial charge >= 0.3 is 0 Å². The lowest BCUT2D eigenvalue weighted by Gasteiger charge is -2.20. The minimum Gasteiger partial charge on any atom is -0.396 e. The summed E-state index contributed by atoms with van der Waals surface area (Å²) >= 11 is 0. The molecule has 0 bridgehead atoms. The standard InChI is InChI=1S/C22H40O3/c1-3-5-11-18(4-2)21(24)15-13-19-14-16-22(25)20(19)12-9-7-6-8-10-17-23/h13,15,18-20,22-23,25H,3-12,14,16-17H2,1-2H3/b15-13+. The smallest absolute Gasteiger partial charge is 0.158 e. The van der Waals surface area contributed by atoms with Crippen LogP contribution in [0.3, 0.4) is 0 Å². The van der Waals surface area contributed by atoms with Crippen molar-refractivity contribution < 1.29 is 15.0 Å². The Morgan fingerprint density at radius 3 is 2.48 bits per heavy atom. The van der Waals surface area contributed by atoms with Gasteiger partial charge in [0.1, 0.15) is 0 Å². The van der Waals surface area contributed by atoms with Gasteiger partial charge in [0.2, 0.25) is 0 Å². The molecule has 0 saturated heterocycles. The fraction of sp³-hybridized carbons (Fsp3) is 0.864. The lowest BCUT2D eigenvalue weighted by molar-refractivity contribution is -0.118. The molecular weight excluding hydrogens is 312 g/mol. The van der Waals surface area contributed by atoms with Crippen LogP contribution in [0.5, 0.6) is 0 Å². The zero-order valence-corrected chi connectivity index (χ0v) is 16.5. The summed E-state index contributed by atoms with van der Waals surface area (Å²) in [4.78, 5) is 12.4. The molecule has 0 aromatic rings. The zero-order valence-electron chi connectivity index (χ0n) is 16.5. The van der Waals surface area contributed by atoms with Gasteiger partial charge in [0.05, 0.1) is 6.10 Å². The van der Waals surface area contributed by atoms with Crippen LogP contribution >= 0.6 is 0 Å². The Balaban J connectivity index is 2.42. The van der Waals surface area contributed by atoms with Gasteiger partial charge in [0, 0.05) is 12.5 Å². The Morgan fingerprint density at radius 1 is 1.08 bits per heavy atom. The molecule has 3 heteroatoms. The summed E-state index contributed by atoms with van der Waals surface area (Å²) in [5.41, 5.74) is 0. The molecule has 0 radical (unpaired) electrons. The Bertz CT molecular complexity index is 377. The highest BCUT2D eigenvalue weighted by atomic mass is 16.3. The second-order valence-electron chi connectivity index (χ2n) is 7.76. The predicted molar refractivity (Wildman–Crippen MR) is 104 cm³/mol. The van der Waals surface area contributed by atoms with Crippen LogP contribution in [0.15, 0.2) is 12.2 Å². The van der Waals surface area contributed by atoms with E-state index in [1.165, 1.54) is 6.42 Å². The second kappa shape index (κ2) is 13.5. The molecule has 1 aliphatic rings. The molecule has 3 nitrogen and oxygen atoms in total. The number of unbranched alkanes of at least 4 members (excludes halogenated alkanes) is 5. The van der Waals surface area contributed by atoms with E-state index in [-0.39, 0.29) is 17.8 Å². The van der Waals surface area contributed by atoms with Crippen molar-refractivity contribution in [2.75, 3.05) is 6.61 Å². The molecule has 0 aromatic carbocycles. The van der Waals surface area contributed by atoms with Gasteiger partial charge in [-0.3, -0.25) is 4.79 Å². The molecule has 1 fully saturated rings. The second-order valence-corrected chi connectivity index (χ2v) is 7.76. The molecule has 0 spiro atoms. The van der Waals surface area contributed by atoms with E-state index >= 15 is 0 Å². The molecule has 2 N–H and O–H groups in total. The van der Waals surface area contributed by atoms with Gasteiger partial charge in [-0.25, -0.2) is 0 Å². The summed E-state index contributed by atoms with van der Waals surface area (Å²) in [6.45, 7) is 4.56. The average Bonchev–Trinajstić information content (AvgIpc) is 2.96. The van der Waals surface area contributed by atoms with E-state index in [4.69, 9.17) is 5.11 Å². The average molecular weight is 353 g/mol. The summed E-state index contributed by atoms with van der Waals surface area (Å²) in [7, 11) is 0. The predicted octanol–water partition coefficient (Wildman–Crippen LogP) is 5.05. The van der Waals surface area contributed by atoms with Gasteiger partial charge in [0.25, 0.3) is 0 Å². The number of carbonyl (C=O) groups excluding carboxylic acids is 1. The third kappa shape index (κ3) is 8.50. The van der Waals surface area contributed by atoms with E-state index in [1.54, 1.807) is 0 Å². The largest absolute Gasteiger partial charge is 0.396 e. The Labute approximate surface area is 154 Å². The van der Waals surface area contributed by atoms with Crippen LogP contribution in [0.2, 0.25) is 0 Å². The molecule has 1 aliphatic carbocycles. The first-order valence-corrected chi connectivity index (χ1v) is 10.6. The highest BCUT2D eigenvalue weighted by Crippen LogP contribution is 2.37. The fourth-order valence-corrected chi connectivity index (χ4v) is 4.10. The topological polar surface area (TPSA) is 57.5 Å². The van der Waals surface area contributed by atoms with Crippen molar-refractivity contribution in [3.63, 3.8) is 0 Å². The van der Waals surface area contributed by atoms with Crippen molar-refractivity contribution >= 4 is 5.78 Å². The van der Waals surface area contributed by atoms with E-state index in [0.717, 1.165) is 70.6 Å². The van der Waals surface area contributed by atoms with Crippen molar-refractivity contribution in [3.8, 4) is 0 Å². The maximum absolute atomic E-state index is 12.4. The maximum Gasteiger partial charge on any atom is 0.158 e. The molecule has 25 heavy (non-hydrogen) atoms. The minimum atomic E-state index is -0.204. The summed E-state index contributed by atoms with van der Waals surface area (Å²) in [5, 5.41) is 19.1. The zero-order chi connectivity index (χ0) is 18.5. The number of aliphatic hydroxyl groups excluding tert-OH is 2. The van der Waals surface area contributed by atoms with E-state index < -0.39 is 0 Å². The molecule has 0 amide bonds. The summed E-state index contributed by atoms with van der Waals surface area (Å²) in [6.07, 6.45) is 16.3. The molecule has 0 heterocycles. The van der Waals surface area contributed by atoms with E-state index in [2.05, 4.69) is 19.9 Å². The fourth-order valence-electron chi connectivity index (χ4n) is 4.10. The first-order valence-electron chi connectivity index (χ1n) is 10.6. The van der Waals surface area contributed by atoms with E-state index in [1.807, 2.05) is 6.08 Å². The Morgan fingerprint density at radius 2 is 1.80 bits per heavy atom. The van der Waals surface area contributed by atoms with Crippen molar-refractivity contribution in [2.24, 2.45) is 17.8 Å². The summed E-state index contributed by atoms with van der Waals surface area (Å²) in [5.74, 6) is 1.13. The number of ketones is 1. The van der Waals surface area contributed by atoms with Gasteiger partial charge in [-0.2, -0.15) is 0 Å². The van der Waals surface area contributed by atoms with Crippen LogP contribution in [0.25, 0.3) is 0 Å². The van der Waals surface area contributed by atoms with Crippen LogP contribution < -0.4 is 0 Å². The quantitative estimate of drug-likeness (QED) is 0.340. The molecule has 0 aromatic heterocycles. The summed E-state index contributed by atoms with van der Waals surface area (Å²) < 4.78 is 0. The monoisotopic (exact) mass is 352 g/mol. The SMILES string of the molecule is CCCCC(CC)C(=O)/C=C/C1CCC(O)C1CCCCCCCO. The van der Waals surface area contributed by atoms with Crippen LogP contribution in [-0.4, -0.2) is 28.7 Å². The van der Waals surface area contributed by atoms with Gasteiger partial charge in [0.15, 0.2) is 5.78 Å². The normalized spacial score (nSPS) is 24.9. The van der Waals surface area contributed by atoms with Crippen molar-refractivity contribution in [1.29, 1.82) is 0 Å². The number of carbonyl (C=O) groups is 1. The number of rotatable bonds is 14. The van der Waals surface area contributed by atoms with Crippen LogP contribution in [0.4, 0.5) is 0 Å². The third-order valence-electron chi connectivity index (χ3n) is 5.84. The van der Waals surface area contributed by atoms with Crippen molar-refractivity contribution in [2.45, 2.75) is 97.0 Å². The lowest BCUT2D eigenvalue weighted by Crippen LogP contribution is -2.18. The molecule has 4 unspecified atom stereocenters. The third-order valence-corrected chi connectivity index (χ3v) is 5.84. The molecule has 1 rings (SSSR count). The van der Waals surface area contributed by atoms with Gasteiger partial charge in [-0.1, -0.05) is 58.4 Å². The molecule has 0 aliphatic heterocycles. The Hall–Kier alpha value is -0.670. The maximum atomic E-state index is 12.4. The number of hydrogen-bond donors (Lipinski definition) is 2. The van der Waals surface area contributed by atoms with Crippen molar-refractivity contribution in [3.05, 3.63) is 12.2 Å². The minimum absolute atomic E-state index is 0.174. The van der Waals surface area contributed by atoms with Crippen LogP contribution in [-0.2, 0) is 4.79 Å². The van der Waals surface area contributed by atoms with Gasteiger partial charge in [-0.15, -0.1) is 0 Å². The van der Waals surface area contributed by atoms with Crippen LogP contribution in [0.1, 0.15) is 90.9 Å². The number of aliphatic hydroxyl groups is 2. The van der Waals surface area contributed by atoms with E-state index in [0.29, 0.717) is 18.4 Å². The number of allylic oxidation sites excluding steroid dienone is 2. The van der Waals surface area contributed by atoms with Gasteiger partial charge < -0.3 is 10.2 Å². The molecule has 4 atom stereocenters. The Kier molecular flexibility index (Phi) is 12.1. The first-order chi connectivity index (χ1) is 12.1. The first kappa shape index (κ1) is 22.4. The highest BCUT2D eigenvalue weighted by Gasteiger charge is 2.32. The van der Waals surface area contributed by atoms with Crippen molar-refractivity contribution in [1.82, 2.24) is 0 Å². The highest BCUT2D eigenvalue weighted by molar-refractivity contribution is 5.91. The molecule has 1 saturated carbocycles. The molecule has 146 valence electrons. The summed E-state index contributed by atoms with van der Waals surface area (Å²) in [6, 6.07) is 0. The number of hydrogen-bond acceptors (Lipinski definition) is 3.